The van der Waals surface area contributed by atoms with Gasteiger partial charge in [-0.15, -0.1) is 0 Å². The maximum absolute atomic E-state index is 13.4. The average molecular weight is 322 g/mol. The summed E-state index contributed by atoms with van der Waals surface area (Å²) in [5.74, 6) is -0.652. The van der Waals surface area contributed by atoms with Crippen LogP contribution in [-0.2, 0) is 9.59 Å². The number of para-hydroxylation sites is 1. The Bertz CT molecular complexity index is 544. The van der Waals surface area contributed by atoms with E-state index in [-0.39, 0.29) is 11.7 Å². The molecule has 2 amide bonds. The predicted molar refractivity (Wildman–Crippen MR) is 84.0 cm³/mol. The highest BCUT2D eigenvalue weighted by molar-refractivity contribution is 5.84. The van der Waals surface area contributed by atoms with E-state index in [4.69, 9.17) is 4.74 Å². The van der Waals surface area contributed by atoms with Crippen molar-refractivity contribution in [1.82, 2.24) is 10.9 Å². The second kappa shape index (κ2) is 8.50. The summed E-state index contributed by atoms with van der Waals surface area (Å²) in [5, 5.41) is 0. The number of hydrogen-bond donors (Lipinski definition) is 2. The molecule has 1 aliphatic carbocycles. The van der Waals surface area contributed by atoms with E-state index in [2.05, 4.69) is 10.9 Å². The third kappa shape index (κ3) is 5.54. The molecule has 23 heavy (non-hydrogen) atoms. The van der Waals surface area contributed by atoms with Crippen LogP contribution < -0.4 is 15.6 Å². The van der Waals surface area contributed by atoms with Crippen LogP contribution >= 0.6 is 0 Å². The molecule has 1 unspecified atom stereocenters. The highest BCUT2D eigenvalue weighted by Crippen LogP contribution is 2.28. The molecule has 0 aromatic heterocycles. The van der Waals surface area contributed by atoms with Gasteiger partial charge in [0.05, 0.1) is 0 Å². The third-order valence-electron chi connectivity index (χ3n) is 4.09. The summed E-state index contributed by atoms with van der Waals surface area (Å²) in [5.41, 5.74) is 4.69. The van der Waals surface area contributed by atoms with Crippen LogP contribution in [0.5, 0.6) is 5.75 Å². The van der Waals surface area contributed by atoms with Crippen molar-refractivity contribution >= 4 is 11.8 Å². The van der Waals surface area contributed by atoms with Gasteiger partial charge >= 0.3 is 0 Å². The normalized spacial score (nSPS) is 15.9. The van der Waals surface area contributed by atoms with Crippen molar-refractivity contribution in [3.63, 3.8) is 0 Å². The zero-order chi connectivity index (χ0) is 16.7. The fourth-order valence-electron chi connectivity index (χ4n) is 2.71. The van der Waals surface area contributed by atoms with E-state index >= 15 is 0 Å². The number of rotatable bonds is 6. The molecule has 0 bridgehead atoms. The third-order valence-corrected chi connectivity index (χ3v) is 4.09. The molecule has 2 N–H and O–H groups in total. The van der Waals surface area contributed by atoms with E-state index < -0.39 is 17.8 Å². The lowest BCUT2D eigenvalue weighted by Crippen LogP contribution is -2.47. The Morgan fingerprint density at radius 3 is 2.65 bits per heavy atom. The number of hydrogen-bond acceptors (Lipinski definition) is 3. The van der Waals surface area contributed by atoms with Crippen molar-refractivity contribution in [2.24, 2.45) is 5.92 Å². The summed E-state index contributed by atoms with van der Waals surface area (Å²) in [6.45, 7) is 1.49. The smallest absolute Gasteiger partial charge is 0.279 e. The van der Waals surface area contributed by atoms with E-state index in [0.717, 1.165) is 6.42 Å². The minimum atomic E-state index is -0.915. The molecule has 1 aromatic rings. The quantitative estimate of drug-likeness (QED) is 0.791. The van der Waals surface area contributed by atoms with Crippen LogP contribution in [0.1, 0.15) is 45.4 Å². The first-order valence-electron chi connectivity index (χ1n) is 8.06. The summed E-state index contributed by atoms with van der Waals surface area (Å²) in [7, 11) is 0. The van der Waals surface area contributed by atoms with Gasteiger partial charge in [0, 0.05) is 6.42 Å². The Balaban J connectivity index is 1.68. The maximum atomic E-state index is 13.4. The van der Waals surface area contributed by atoms with Gasteiger partial charge in [0.1, 0.15) is 0 Å². The Labute approximate surface area is 135 Å². The van der Waals surface area contributed by atoms with Crippen molar-refractivity contribution in [2.75, 3.05) is 0 Å². The molecule has 1 saturated carbocycles. The van der Waals surface area contributed by atoms with Gasteiger partial charge in [-0.3, -0.25) is 20.4 Å². The first kappa shape index (κ1) is 17.2. The lowest BCUT2D eigenvalue weighted by atomic mass is 10.0. The molecule has 1 aliphatic rings. The Morgan fingerprint density at radius 1 is 1.26 bits per heavy atom. The molecule has 5 nitrogen and oxygen atoms in total. The van der Waals surface area contributed by atoms with E-state index in [1.54, 1.807) is 6.07 Å². The maximum Gasteiger partial charge on any atom is 0.279 e. The molecule has 0 radical (unpaired) electrons. The number of carbonyl (C=O) groups is 2. The van der Waals surface area contributed by atoms with E-state index in [1.807, 2.05) is 0 Å². The molecule has 1 atom stereocenters. The summed E-state index contributed by atoms with van der Waals surface area (Å²) in [4.78, 5) is 23.6. The molecule has 126 valence electrons. The fourth-order valence-corrected chi connectivity index (χ4v) is 2.71. The second-order valence-corrected chi connectivity index (χ2v) is 5.92. The number of amides is 2. The molecule has 2 rings (SSSR count). The lowest BCUT2D eigenvalue weighted by molar-refractivity contribution is -0.132. The number of ether oxygens (including phenoxy) is 1. The fraction of sp³-hybridized carbons (Fsp3) is 0.529. The Kier molecular flexibility index (Phi) is 6.38. The van der Waals surface area contributed by atoms with Gasteiger partial charge in [0.2, 0.25) is 5.91 Å². The SMILES string of the molecule is CC(Oc1ccccc1F)C(=O)NNC(=O)CCC1CCCC1. The monoisotopic (exact) mass is 322 g/mol. The lowest BCUT2D eigenvalue weighted by Gasteiger charge is -2.15. The zero-order valence-electron chi connectivity index (χ0n) is 13.3. The number of nitrogens with one attached hydrogen (secondary N) is 2. The van der Waals surface area contributed by atoms with Gasteiger partial charge in [-0.25, -0.2) is 4.39 Å². The van der Waals surface area contributed by atoms with Crippen molar-refractivity contribution in [1.29, 1.82) is 0 Å². The molecule has 1 aromatic carbocycles. The van der Waals surface area contributed by atoms with Gasteiger partial charge in [-0.05, 0) is 31.4 Å². The average Bonchev–Trinajstić information content (AvgIpc) is 3.06. The van der Waals surface area contributed by atoms with Crippen molar-refractivity contribution in [3.8, 4) is 5.75 Å². The van der Waals surface area contributed by atoms with Crippen LogP contribution in [0.3, 0.4) is 0 Å². The largest absolute Gasteiger partial charge is 0.478 e. The first-order valence-corrected chi connectivity index (χ1v) is 8.06. The van der Waals surface area contributed by atoms with Crippen LogP contribution in [0, 0.1) is 11.7 Å². The molecule has 0 heterocycles. The van der Waals surface area contributed by atoms with Crippen LogP contribution in [0.2, 0.25) is 0 Å². The van der Waals surface area contributed by atoms with Gasteiger partial charge in [-0.1, -0.05) is 37.8 Å². The molecule has 0 spiro atoms. The van der Waals surface area contributed by atoms with Crippen molar-refractivity contribution in [2.45, 2.75) is 51.6 Å². The van der Waals surface area contributed by atoms with E-state index in [0.29, 0.717) is 12.3 Å². The second-order valence-electron chi connectivity index (χ2n) is 5.92. The topological polar surface area (TPSA) is 67.4 Å². The van der Waals surface area contributed by atoms with Crippen LogP contribution in [0.25, 0.3) is 0 Å². The van der Waals surface area contributed by atoms with Gasteiger partial charge in [0.25, 0.3) is 5.91 Å². The highest BCUT2D eigenvalue weighted by Gasteiger charge is 2.18. The minimum absolute atomic E-state index is 0.00251. The molecular formula is C17H23FN2O3. The number of benzene rings is 1. The van der Waals surface area contributed by atoms with E-state index in [1.165, 1.54) is 50.8 Å². The Hall–Kier alpha value is -2.11. The summed E-state index contributed by atoms with van der Waals surface area (Å²) < 4.78 is 18.7. The minimum Gasteiger partial charge on any atom is -0.478 e. The summed E-state index contributed by atoms with van der Waals surface area (Å²) in [6.07, 6.45) is 5.19. The van der Waals surface area contributed by atoms with Crippen LogP contribution in [0.15, 0.2) is 24.3 Å². The number of carbonyl (C=O) groups excluding carboxylic acids is 2. The van der Waals surface area contributed by atoms with E-state index in [9.17, 15) is 14.0 Å². The predicted octanol–water partition coefficient (Wildman–Crippen LogP) is 2.71. The summed E-state index contributed by atoms with van der Waals surface area (Å²) >= 11 is 0. The standard InChI is InChI=1S/C17H23FN2O3/c1-12(23-15-9-5-4-8-14(15)18)17(22)20-19-16(21)11-10-13-6-2-3-7-13/h4-5,8-9,12-13H,2-3,6-7,10-11H2,1H3,(H,19,21)(H,20,22). The van der Waals surface area contributed by atoms with Gasteiger partial charge in [0.15, 0.2) is 17.7 Å². The van der Waals surface area contributed by atoms with Crippen LogP contribution in [-0.4, -0.2) is 17.9 Å². The highest BCUT2D eigenvalue weighted by atomic mass is 19.1. The molecule has 0 aliphatic heterocycles. The number of hydrazine groups is 1. The van der Waals surface area contributed by atoms with Gasteiger partial charge < -0.3 is 4.74 Å². The summed E-state index contributed by atoms with van der Waals surface area (Å²) in [6, 6.07) is 5.86. The molecule has 0 saturated heterocycles. The van der Waals surface area contributed by atoms with Crippen molar-refractivity contribution in [3.05, 3.63) is 30.1 Å². The molecule has 6 heteroatoms. The molecule has 1 fully saturated rings. The zero-order valence-corrected chi connectivity index (χ0v) is 13.3. The number of halogens is 1. The first-order chi connectivity index (χ1) is 11.1. The Morgan fingerprint density at radius 2 is 1.96 bits per heavy atom. The van der Waals surface area contributed by atoms with Crippen molar-refractivity contribution < 1.29 is 18.7 Å². The van der Waals surface area contributed by atoms with Crippen LogP contribution in [0.4, 0.5) is 4.39 Å². The molecular weight excluding hydrogens is 299 g/mol. The van der Waals surface area contributed by atoms with Gasteiger partial charge in [-0.2, -0.15) is 0 Å².